The SMILES string of the molecule is C#CCOC(=O)CP(=O)(c1ccc(F)cc1)c1ccc(F)cc1. The summed E-state index contributed by atoms with van der Waals surface area (Å²) in [5.41, 5.74) is 0. The Balaban J connectivity index is 2.44. The summed E-state index contributed by atoms with van der Waals surface area (Å²) in [6.07, 6.45) is 4.58. The van der Waals surface area contributed by atoms with Crippen LogP contribution in [-0.4, -0.2) is 18.7 Å². The van der Waals surface area contributed by atoms with Crippen LogP contribution in [0, 0.1) is 24.0 Å². The highest BCUT2D eigenvalue weighted by atomic mass is 31.2. The molecule has 0 fully saturated rings. The molecule has 0 atom stereocenters. The first-order valence-electron chi connectivity index (χ1n) is 6.66. The van der Waals surface area contributed by atoms with Gasteiger partial charge in [-0.15, -0.1) is 6.42 Å². The fourth-order valence-electron chi connectivity index (χ4n) is 2.05. The van der Waals surface area contributed by atoms with E-state index in [1.54, 1.807) is 0 Å². The van der Waals surface area contributed by atoms with Gasteiger partial charge in [0.15, 0.2) is 13.7 Å². The first kappa shape index (κ1) is 16.9. The molecular weight excluding hydrogens is 321 g/mol. The molecule has 2 rings (SSSR count). The maximum atomic E-state index is 13.4. The average Bonchev–Trinajstić information content (AvgIpc) is 2.54. The Morgan fingerprint density at radius 3 is 1.83 bits per heavy atom. The Kier molecular flexibility index (Phi) is 5.31. The molecule has 2 aromatic rings. The highest BCUT2D eigenvalue weighted by Crippen LogP contribution is 2.43. The Labute approximate surface area is 132 Å². The summed E-state index contributed by atoms with van der Waals surface area (Å²) < 4.78 is 44.4. The van der Waals surface area contributed by atoms with Crippen molar-refractivity contribution in [2.45, 2.75) is 0 Å². The van der Waals surface area contributed by atoms with Crippen molar-refractivity contribution in [1.82, 2.24) is 0 Å². The van der Waals surface area contributed by atoms with Crippen LogP contribution in [0.25, 0.3) is 0 Å². The lowest BCUT2D eigenvalue weighted by Crippen LogP contribution is -2.24. The van der Waals surface area contributed by atoms with Gasteiger partial charge in [-0.05, 0) is 48.5 Å². The minimum atomic E-state index is -3.44. The van der Waals surface area contributed by atoms with E-state index < -0.39 is 30.9 Å². The van der Waals surface area contributed by atoms with Crippen LogP contribution in [0.2, 0.25) is 0 Å². The summed E-state index contributed by atoms with van der Waals surface area (Å²) in [6, 6.07) is 9.97. The number of halogens is 2. The van der Waals surface area contributed by atoms with Gasteiger partial charge >= 0.3 is 5.97 Å². The number of ether oxygens (including phenoxy) is 1. The molecular formula is C17H13F2O3P. The molecule has 0 saturated heterocycles. The van der Waals surface area contributed by atoms with Crippen LogP contribution in [0.15, 0.2) is 48.5 Å². The van der Waals surface area contributed by atoms with Gasteiger partial charge in [0.05, 0.1) is 0 Å². The van der Waals surface area contributed by atoms with Gasteiger partial charge in [-0.25, -0.2) is 8.78 Å². The Morgan fingerprint density at radius 1 is 1.00 bits per heavy atom. The number of carbonyl (C=O) groups excluding carboxylic acids is 1. The summed E-state index contributed by atoms with van der Waals surface area (Å²) in [6.45, 7) is -0.230. The second kappa shape index (κ2) is 7.21. The molecule has 0 bridgehead atoms. The van der Waals surface area contributed by atoms with E-state index in [4.69, 9.17) is 11.2 Å². The van der Waals surface area contributed by atoms with Crippen molar-refractivity contribution in [2.24, 2.45) is 0 Å². The molecule has 0 N–H and O–H groups in total. The predicted octanol–water partition coefficient (Wildman–Crippen LogP) is 2.46. The fourth-order valence-corrected chi connectivity index (χ4v) is 4.42. The van der Waals surface area contributed by atoms with Crippen LogP contribution in [0.5, 0.6) is 0 Å². The summed E-state index contributed by atoms with van der Waals surface area (Å²) >= 11 is 0. The largest absolute Gasteiger partial charge is 0.452 e. The van der Waals surface area contributed by atoms with Crippen molar-refractivity contribution in [2.75, 3.05) is 12.8 Å². The number of hydrogen-bond acceptors (Lipinski definition) is 3. The van der Waals surface area contributed by atoms with Gasteiger partial charge in [-0.3, -0.25) is 4.79 Å². The van der Waals surface area contributed by atoms with E-state index in [0.717, 1.165) is 24.3 Å². The molecule has 0 aromatic heterocycles. The minimum Gasteiger partial charge on any atom is -0.452 e. The van der Waals surface area contributed by atoms with E-state index in [2.05, 4.69) is 5.92 Å². The van der Waals surface area contributed by atoms with Crippen LogP contribution < -0.4 is 10.6 Å². The molecule has 0 spiro atoms. The molecule has 0 aliphatic rings. The highest BCUT2D eigenvalue weighted by molar-refractivity contribution is 7.79. The summed E-state index contributed by atoms with van der Waals surface area (Å²) in [5.74, 6) is 0.428. The number of benzene rings is 2. The van der Waals surface area contributed by atoms with Crippen molar-refractivity contribution >= 4 is 23.7 Å². The van der Waals surface area contributed by atoms with Crippen LogP contribution in [-0.2, 0) is 14.1 Å². The van der Waals surface area contributed by atoms with E-state index in [-0.39, 0.29) is 17.2 Å². The smallest absolute Gasteiger partial charge is 0.314 e. The molecule has 0 radical (unpaired) electrons. The Morgan fingerprint density at radius 2 is 1.43 bits per heavy atom. The summed E-state index contributed by atoms with van der Waals surface area (Å²) in [7, 11) is -3.44. The zero-order chi connectivity index (χ0) is 16.9. The van der Waals surface area contributed by atoms with Gasteiger partial charge in [0, 0.05) is 10.6 Å². The third-order valence-corrected chi connectivity index (χ3v) is 6.12. The van der Waals surface area contributed by atoms with E-state index >= 15 is 0 Å². The zero-order valence-electron chi connectivity index (χ0n) is 12.0. The molecule has 23 heavy (non-hydrogen) atoms. The van der Waals surface area contributed by atoms with Gasteiger partial charge in [-0.2, -0.15) is 0 Å². The van der Waals surface area contributed by atoms with Crippen LogP contribution >= 0.6 is 7.14 Å². The summed E-state index contributed by atoms with van der Waals surface area (Å²) in [4.78, 5) is 11.9. The molecule has 6 heteroatoms. The lowest BCUT2D eigenvalue weighted by atomic mass is 10.3. The van der Waals surface area contributed by atoms with E-state index in [0.29, 0.717) is 0 Å². The first-order chi connectivity index (χ1) is 11.0. The normalized spacial score (nSPS) is 10.8. The summed E-state index contributed by atoms with van der Waals surface area (Å²) in [5, 5.41) is 0.561. The van der Waals surface area contributed by atoms with Crippen LogP contribution in [0.4, 0.5) is 8.78 Å². The number of carbonyl (C=O) groups is 1. The standard InChI is InChI=1S/C17H13F2O3P/c1-2-11-22-17(20)12-23(21,15-7-3-13(18)4-8-15)16-9-5-14(19)6-10-16/h1,3-10H,11-12H2. The average molecular weight is 334 g/mol. The number of terminal acetylenes is 1. The molecule has 3 nitrogen and oxygen atoms in total. The van der Waals surface area contributed by atoms with Gasteiger partial charge < -0.3 is 9.30 Å². The number of rotatable bonds is 5. The molecule has 0 heterocycles. The van der Waals surface area contributed by atoms with Crippen molar-refractivity contribution < 1.29 is 22.9 Å². The lowest BCUT2D eigenvalue weighted by molar-refractivity contribution is -0.139. The quantitative estimate of drug-likeness (QED) is 0.479. The maximum Gasteiger partial charge on any atom is 0.314 e. The predicted molar refractivity (Wildman–Crippen MR) is 84.3 cm³/mol. The zero-order valence-corrected chi connectivity index (χ0v) is 12.9. The molecule has 0 amide bonds. The second-order valence-corrected chi connectivity index (χ2v) is 7.54. The van der Waals surface area contributed by atoms with E-state index in [1.807, 2.05) is 0 Å². The van der Waals surface area contributed by atoms with Crippen molar-refractivity contribution in [3.05, 3.63) is 60.2 Å². The lowest BCUT2D eigenvalue weighted by Gasteiger charge is -2.18. The molecule has 0 aliphatic heterocycles. The first-order valence-corrected chi connectivity index (χ1v) is 8.55. The van der Waals surface area contributed by atoms with E-state index in [9.17, 15) is 18.1 Å². The van der Waals surface area contributed by atoms with Crippen molar-refractivity contribution in [1.29, 1.82) is 0 Å². The molecule has 2 aromatic carbocycles. The Bertz CT molecular complexity index is 727. The van der Waals surface area contributed by atoms with E-state index in [1.165, 1.54) is 24.3 Å². The van der Waals surface area contributed by atoms with Crippen LogP contribution in [0.3, 0.4) is 0 Å². The van der Waals surface area contributed by atoms with Gasteiger partial charge in [-0.1, -0.05) is 5.92 Å². The molecule has 0 aliphatic carbocycles. The Hall–Kier alpha value is -2.44. The van der Waals surface area contributed by atoms with Gasteiger partial charge in [0.1, 0.15) is 17.8 Å². The number of esters is 1. The molecule has 118 valence electrons. The number of hydrogen-bond donors (Lipinski definition) is 0. The monoisotopic (exact) mass is 334 g/mol. The van der Waals surface area contributed by atoms with Crippen LogP contribution in [0.1, 0.15) is 0 Å². The second-order valence-electron chi connectivity index (χ2n) is 4.72. The topological polar surface area (TPSA) is 43.4 Å². The van der Waals surface area contributed by atoms with Crippen molar-refractivity contribution in [3.63, 3.8) is 0 Å². The fraction of sp³-hybridized carbons (Fsp3) is 0.118. The van der Waals surface area contributed by atoms with Gasteiger partial charge in [0.25, 0.3) is 0 Å². The maximum absolute atomic E-state index is 13.4. The highest BCUT2D eigenvalue weighted by Gasteiger charge is 2.31. The van der Waals surface area contributed by atoms with Crippen molar-refractivity contribution in [3.8, 4) is 12.3 Å². The van der Waals surface area contributed by atoms with Gasteiger partial charge in [0.2, 0.25) is 0 Å². The third kappa shape index (κ3) is 4.06. The minimum absolute atomic E-state index is 0.230. The third-order valence-electron chi connectivity index (χ3n) is 3.16. The molecule has 0 saturated carbocycles. The molecule has 0 unspecified atom stereocenters.